The Morgan fingerprint density at radius 3 is 2.88 bits per heavy atom. The van der Waals surface area contributed by atoms with Crippen molar-refractivity contribution in [2.75, 3.05) is 0 Å². The summed E-state index contributed by atoms with van der Waals surface area (Å²) in [6.07, 6.45) is 6.40. The van der Waals surface area contributed by atoms with Crippen molar-refractivity contribution in [1.82, 2.24) is 5.01 Å². The van der Waals surface area contributed by atoms with E-state index in [1.165, 1.54) is 12.8 Å². The van der Waals surface area contributed by atoms with Gasteiger partial charge in [-0.05, 0) is 19.8 Å². The molecule has 0 saturated heterocycles. The largest absolute Gasteiger partial charge is 0.316 e. The van der Waals surface area contributed by atoms with Crippen LogP contribution < -0.4 is 5.84 Å². The number of hydrogen-bond donors (Lipinski definition) is 1. The van der Waals surface area contributed by atoms with Crippen molar-refractivity contribution in [3.8, 4) is 0 Å². The molecule has 2 heteroatoms. The van der Waals surface area contributed by atoms with E-state index in [4.69, 9.17) is 5.84 Å². The van der Waals surface area contributed by atoms with E-state index >= 15 is 0 Å². The van der Waals surface area contributed by atoms with Gasteiger partial charge in [-0.3, -0.25) is 0 Å². The van der Waals surface area contributed by atoms with Gasteiger partial charge in [-0.15, -0.1) is 0 Å². The van der Waals surface area contributed by atoms with E-state index in [0.717, 1.165) is 0 Å². The highest BCUT2D eigenvalue weighted by atomic mass is 15.4. The fraction of sp³-hybridized carbons (Fsp3) is 0.667. The summed E-state index contributed by atoms with van der Waals surface area (Å²) in [6, 6.07) is 0.528. The third-order valence-electron chi connectivity index (χ3n) is 1.54. The lowest BCUT2D eigenvalue weighted by molar-refractivity contribution is 0.275. The predicted molar refractivity (Wildman–Crippen MR) is 33.9 cm³/mol. The van der Waals surface area contributed by atoms with Crippen LogP contribution in [-0.2, 0) is 0 Å². The first-order chi connectivity index (χ1) is 3.80. The van der Waals surface area contributed by atoms with Gasteiger partial charge in [-0.25, -0.2) is 5.84 Å². The molecule has 0 spiro atoms. The molecule has 1 heterocycles. The molecule has 0 bridgehead atoms. The molecule has 0 aromatic carbocycles. The second-order valence-electron chi connectivity index (χ2n) is 2.26. The standard InChI is InChI=1S/C6H12N2/c1-6-4-2-3-5-8(6)7/h3,5-6H,2,4,7H2,1H3. The van der Waals surface area contributed by atoms with Crippen LogP contribution in [0.25, 0.3) is 0 Å². The second kappa shape index (κ2) is 2.18. The summed E-state index contributed by atoms with van der Waals surface area (Å²) in [5.74, 6) is 5.52. The van der Waals surface area contributed by atoms with Crippen LogP contribution in [-0.4, -0.2) is 11.1 Å². The van der Waals surface area contributed by atoms with Gasteiger partial charge in [0.15, 0.2) is 0 Å². The fourth-order valence-electron chi connectivity index (χ4n) is 0.830. The molecule has 0 aromatic heterocycles. The average molecular weight is 112 g/mol. The molecule has 0 saturated carbocycles. The third kappa shape index (κ3) is 1.01. The zero-order chi connectivity index (χ0) is 5.98. The highest BCUT2D eigenvalue weighted by Crippen LogP contribution is 2.08. The highest BCUT2D eigenvalue weighted by Gasteiger charge is 2.07. The normalized spacial score (nSPS) is 28.8. The number of nitrogens with zero attached hydrogens (tertiary/aromatic N) is 1. The van der Waals surface area contributed by atoms with Gasteiger partial charge in [-0.1, -0.05) is 6.08 Å². The summed E-state index contributed by atoms with van der Waals surface area (Å²) in [5, 5.41) is 1.75. The van der Waals surface area contributed by atoms with Crippen molar-refractivity contribution in [2.24, 2.45) is 5.84 Å². The molecule has 0 amide bonds. The van der Waals surface area contributed by atoms with Gasteiger partial charge in [0, 0.05) is 12.2 Å². The Bertz CT molecular complexity index is 98.7. The Hall–Kier alpha value is -0.500. The molecule has 2 nitrogen and oxygen atoms in total. The van der Waals surface area contributed by atoms with Crippen molar-refractivity contribution in [3.63, 3.8) is 0 Å². The minimum Gasteiger partial charge on any atom is -0.316 e. The highest BCUT2D eigenvalue weighted by molar-refractivity contribution is 4.88. The third-order valence-corrected chi connectivity index (χ3v) is 1.54. The molecule has 1 unspecified atom stereocenters. The van der Waals surface area contributed by atoms with Crippen molar-refractivity contribution in [3.05, 3.63) is 12.3 Å². The molecular formula is C6H12N2. The molecule has 8 heavy (non-hydrogen) atoms. The average Bonchev–Trinajstić information content (AvgIpc) is 1.77. The van der Waals surface area contributed by atoms with E-state index in [0.29, 0.717) is 6.04 Å². The van der Waals surface area contributed by atoms with Crippen molar-refractivity contribution in [1.29, 1.82) is 0 Å². The molecule has 1 rings (SSSR count). The molecular weight excluding hydrogens is 100 g/mol. The zero-order valence-electron chi connectivity index (χ0n) is 5.17. The van der Waals surface area contributed by atoms with Crippen LogP contribution >= 0.6 is 0 Å². The Balaban J connectivity index is 2.47. The fourth-order valence-corrected chi connectivity index (χ4v) is 0.830. The SMILES string of the molecule is CC1CCC=CN1N. The van der Waals surface area contributed by atoms with Crippen LogP contribution in [0.15, 0.2) is 12.3 Å². The second-order valence-corrected chi connectivity index (χ2v) is 2.26. The van der Waals surface area contributed by atoms with E-state index in [2.05, 4.69) is 13.0 Å². The van der Waals surface area contributed by atoms with Gasteiger partial charge in [0.05, 0.1) is 0 Å². The van der Waals surface area contributed by atoms with Crippen molar-refractivity contribution >= 4 is 0 Å². The summed E-state index contributed by atoms with van der Waals surface area (Å²) >= 11 is 0. The lowest BCUT2D eigenvalue weighted by atomic mass is 10.1. The first kappa shape index (κ1) is 5.63. The Labute approximate surface area is 49.9 Å². The van der Waals surface area contributed by atoms with Gasteiger partial charge in [0.2, 0.25) is 0 Å². The maximum absolute atomic E-state index is 5.52. The van der Waals surface area contributed by atoms with Crippen LogP contribution in [0, 0.1) is 0 Å². The minimum absolute atomic E-state index is 0.528. The first-order valence-electron chi connectivity index (χ1n) is 3.00. The van der Waals surface area contributed by atoms with Gasteiger partial charge in [0.1, 0.15) is 0 Å². The molecule has 1 aliphatic rings. The van der Waals surface area contributed by atoms with Crippen molar-refractivity contribution in [2.45, 2.75) is 25.8 Å². The Morgan fingerprint density at radius 1 is 1.75 bits per heavy atom. The zero-order valence-corrected chi connectivity index (χ0v) is 5.17. The van der Waals surface area contributed by atoms with Gasteiger partial charge >= 0.3 is 0 Å². The number of rotatable bonds is 0. The van der Waals surface area contributed by atoms with E-state index in [-0.39, 0.29) is 0 Å². The van der Waals surface area contributed by atoms with E-state index < -0.39 is 0 Å². The molecule has 1 aliphatic heterocycles. The Morgan fingerprint density at radius 2 is 2.50 bits per heavy atom. The molecule has 0 aliphatic carbocycles. The lowest BCUT2D eigenvalue weighted by Crippen LogP contribution is -2.35. The van der Waals surface area contributed by atoms with E-state index in [1.54, 1.807) is 5.01 Å². The van der Waals surface area contributed by atoms with E-state index in [1.807, 2.05) is 6.20 Å². The molecule has 0 fully saturated rings. The first-order valence-corrected chi connectivity index (χ1v) is 3.00. The smallest absolute Gasteiger partial charge is 0.0420 e. The molecule has 2 N–H and O–H groups in total. The maximum atomic E-state index is 5.52. The topological polar surface area (TPSA) is 29.3 Å². The van der Waals surface area contributed by atoms with Crippen LogP contribution in [0.2, 0.25) is 0 Å². The molecule has 0 radical (unpaired) electrons. The lowest BCUT2D eigenvalue weighted by Gasteiger charge is -2.24. The number of hydrogen-bond acceptors (Lipinski definition) is 2. The summed E-state index contributed by atoms with van der Waals surface area (Å²) in [4.78, 5) is 0. The van der Waals surface area contributed by atoms with Crippen LogP contribution in [0.1, 0.15) is 19.8 Å². The number of hydrazine groups is 1. The quantitative estimate of drug-likeness (QED) is 0.471. The number of nitrogens with two attached hydrogens (primary N) is 1. The maximum Gasteiger partial charge on any atom is 0.0420 e. The summed E-state index contributed by atoms with van der Waals surface area (Å²) in [7, 11) is 0. The minimum atomic E-state index is 0.528. The molecule has 0 aromatic rings. The molecule has 1 atom stereocenters. The van der Waals surface area contributed by atoms with Crippen LogP contribution in [0.3, 0.4) is 0 Å². The number of allylic oxidation sites excluding steroid dienone is 1. The van der Waals surface area contributed by atoms with Gasteiger partial charge in [-0.2, -0.15) is 0 Å². The van der Waals surface area contributed by atoms with Crippen molar-refractivity contribution < 1.29 is 0 Å². The summed E-state index contributed by atoms with van der Waals surface area (Å²) < 4.78 is 0. The van der Waals surface area contributed by atoms with Crippen LogP contribution in [0.4, 0.5) is 0 Å². The van der Waals surface area contributed by atoms with Gasteiger partial charge in [0.25, 0.3) is 0 Å². The van der Waals surface area contributed by atoms with E-state index in [9.17, 15) is 0 Å². The summed E-state index contributed by atoms with van der Waals surface area (Å²) in [5.41, 5.74) is 0. The summed E-state index contributed by atoms with van der Waals surface area (Å²) in [6.45, 7) is 2.13. The monoisotopic (exact) mass is 112 g/mol. The van der Waals surface area contributed by atoms with Gasteiger partial charge < -0.3 is 5.01 Å². The predicted octanol–water partition coefficient (Wildman–Crippen LogP) is 0.858. The van der Waals surface area contributed by atoms with Crippen LogP contribution in [0.5, 0.6) is 0 Å². The Kier molecular flexibility index (Phi) is 1.53. The molecule has 46 valence electrons.